The zero-order chi connectivity index (χ0) is 15.6. The van der Waals surface area contributed by atoms with Crippen molar-refractivity contribution in [2.24, 2.45) is 0 Å². The van der Waals surface area contributed by atoms with Crippen LogP contribution in [0.25, 0.3) is 0 Å². The monoisotopic (exact) mass is 333 g/mol. The SMILES string of the molecule is CNC(=O)c1sc(NC2CCS(=O)(=O)CC2)c(OC)c1N. The van der Waals surface area contributed by atoms with Gasteiger partial charge in [-0.1, -0.05) is 0 Å². The molecule has 21 heavy (non-hydrogen) atoms. The Morgan fingerprint density at radius 1 is 1.38 bits per heavy atom. The molecule has 0 radical (unpaired) electrons. The highest BCUT2D eigenvalue weighted by atomic mass is 32.2. The second-order valence-corrected chi connectivity index (χ2v) is 8.18. The summed E-state index contributed by atoms with van der Waals surface area (Å²) in [7, 11) is 0.123. The third-order valence-corrected chi connectivity index (χ3v) is 6.26. The van der Waals surface area contributed by atoms with E-state index in [0.717, 1.165) is 0 Å². The Bertz CT molecular complexity index is 625. The quantitative estimate of drug-likeness (QED) is 0.747. The van der Waals surface area contributed by atoms with Gasteiger partial charge in [-0.05, 0) is 12.8 Å². The van der Waals surface area contributed by atoms with Crippen LogP contribution in [-0.2, 0) is 9.84 Å². The highest BCUT2D eigenvalue weighted by Crippen LogP contribution is 2.43. The maximum absolute atomic E-state index is 11.7. The fraction of sp³-hybridized carbons (Fsp3) is 0.583. The number of ether oxygens (including phenoxy) is 1. The second-order valence-electron chi connectivity index (χ2n) is 4.86. The Morgan fingerprint density at radius 3 is 2.52 bits per heavy atom. The molecule has 1 aliphatic heterocycles. The number of nitrogen functional groups attached to an aromatic ring is 1. The molecule has 1 saturated heterocycles. The van der Waals surface area contributed by atoms with Gasteiger partial charge in [-0.25, -0.2) is 8.42 Å². The first-order valence-corrected chi connectivity index (χ1v) is 9.17. The molecule has 4 N–H and O–H groups in total. The van der Waals surface area contributed by atoms with E-state index in [2.05, 4.69) is 10.6 Å². The van der Waals surface area contributed by atoms with Crippen LogP contribution in [0.4, 0.5) is 10.7 Å². The fourth-order valence-electron chi connectivity index (χ4n) is 2.23. The largest absolute Gasteiger partial charge is 0.492 e. The molecule has 1 aliphatic rings. The first kappa shape index (κ1) is 15.9. The van der Waals surface area contributed by atoms with Crippen molar-refractivity contribution in [3.05, 3.63) is 4.88 Å². The van der Waals surface area contributed by atoms with Gasteiger partial charge in [-0.2, -0.15) is 0 Å². The van der Waals surface area contributed by atoms with Gasteiger partial charge in [0.05, 0.1) is 18.6 Å². The summed E-state index contributed by atoms with van der Waals surface area (Å²) in [6.07, 6.45) is 1.08. The van der Waals surface area contributed by atoms with Crippen LogP contribution in [0, 0.1) is 0 Å². The van der Waals surface area contributed by atoms with Crippen molar-refractivity contribution < 1.29 is 17.9 Å². The summed E-state index contributed by atoms with van der Waals surface area (Å²) in [5.41, 5.74) is 6.23. The van der Waals surface area contributed by atoms with E-state index in [1.807, 2.05) is 0 Å². The Labute approximate surface area is 127 Å². The minimum Gasteiger partial charge on any atom is -0.492 e. The molecule has 0 saturated carbocycles. The second kappa shape index (κ2) is 6.10. The van der Waals surface area contributed by atoms with Crippen molar-refractivity contribution in [2.75, 3.05) is 36.7 Å². The number of anilines is 2. The summed E-state index contributed by atoms with van der Waals surface area (Å²) < 4.78 is 28.1. The molecular formula is C12H19N3O4S2. The molecule has 1 aromatic heterocycles. The number of nitrogens with two attached hydrogens (primary N) is 1. The molecule has 118 valence electrons. The Hall–Kier alpha value is -1.48. The standard InChI is InChI=1S/C12H19N3O4S2/c1-14-11(16)10-8(13)9(19-2)12(20-10)15-7-3-5-21(17,18)6-4-7/h7,15H,3-6,13H2,1-2H3,(H,14,16). The smallest absolute Gasteiger partial charge is 0.263 e. The van der Waals surface area contributed by atoms with E-state index in [0.29, 0.717) is 34.2 Å². The minimum absolute atomic E-state index is 0.0398. The predicted molar refractivity (Wildman–Crippen MR) is 84.0 cm³/mol. The van der Waals surface area contributed by atoms with Crippen LogP contribution in [-0.4, -0.2) is 46.0 Å². The van der Waals surface area contributed by atoms with E-state index in [1.54, 1.807) is 0 Å². The Morgan fingerprint density at radius 2 is 2.00 bits per heavy atom. The number of rotatable bonds is 4. The van der Waals surface area contributed by atoms with E-state index >= 15 is 0 Å². The number of hydrogen-bond acceptors (Lipinski definition) is 7. The topological polar surface area (TPSA) is 111 Å². The van der Waals surface area contributed by atoms with Crippen LogP contribution in [0.5, 0.6) is 5.75 Å². The number of carbonyl (C=O) groups excluding carboxylic acids is 1. The average molecular weight is 333 g/mol. The van der Waals surface area contributed by atoms with E-state index < -0.39 is 9.84 Å². The maximum Gasteiger partial charge on any atom is 0.263 e. The zero-order valence-corrected chi connectivity index (χ0v) is 13.6. The lowest BCUT2D eigenvalue weighted by Crippen LogP contribution is -2.31. The van der Waals surface area contributed by atoms with Gasteiger partial charge in [0.1, 0.15) is 25.4 Å². The summed E-state index contributed by atoms with van der Waals surface area (Å²) in [4.78, 5) is 12.1. The highest BCUT2D eigenvalue weighted by molar-refractivity contribution is 7.91. The van der Waals surface area contributed by atoms with Crippen LogP contribution in [0.2, 0.25) is 0 Å². The lowest BCUT2D eigenvalue weighted by atomic mass is 10.1. The summed E-state index contributed by atoms with van der Waals surface area (Å²) in [6, 6.07) is 0.0398. The predicted octanol–water partition coefficient (Wildman–Crippen LogP) is 0.688. The molecule has 1 fully saturated rings. The highest BCUT2D eigenvalue weighted by Gasteiger charge is 2.27. The van der Waals surface area contributed by atoms with Crippen LogP contribution in [0.15, 0.2) is 0 Å². The molecule has 0 spiro atoms. The van der Waals surface area contributed by atoms with Crippen molar-refractivity contribution in [3.63, 3.8) is 0 Å². The van der Waals surface area contributed by atoms with Gasteiger partial charge in [0.15, 0.2) is 5.75 Å². The van der Waals surface area contributed by atoms with Crippen LogP contribution in [0.3, 0.4) is 0 Å². The lowest BCUT2D eigenvalue weighted by molar-refractivity contribution is 0.0967. The molecular weight excluding hydrogens is 314 g/mol. The van der Waals surface area contributed by atoms with Crippen molar-refractivity contribution in [1.29, 1.82) is 0 Å². The minimum atomic E-state index is -2.90. The molecule has 0 aliphatic carbocycles. The molecule has 1 amide bonds. The fourth-order valence-corrected chi connectivity index (χ4v) is 4.83. The van der Waals surface area contributed by atoms with E-state index in [4.69, 9.17) is 10.5 Å². The molecule has 7 nitrogen and oxygen atoms in total. The Balaban J connectivity index is 2.18. The van der Waals surface area contributed by atoms with Crippen molar-refractivity contribution in [3.8, 4) is 5.75 Å². The van der Waals surface area contributed by atoms with E-state index in [-0.39, 0.29) is 23.5 Å². The summed E-state index contributed by atoms with van der Waals surface area (Å²) >= 11 is 1.21. The van der Waals surface area contributed by atoms with Crippen LogP contribution >= 0.6 is 11.3 Å². The number of hydrogen-bond donors (Lipinski definition) is 3. The van der Waals surface area contributed by atoms with Crippen molar-refractivity contribution in [1.82, 2.24) is 5.32 Å². The third-order valence-electron chi connectivity index (χ3n) is 3.43. The number of nitrogens with one attached hydrogen (secondary N) is 2. The lowest BCUT2D eigenvalue weighted by Gasteiger charge is -2.23. The van der Waals surface area contributed by atoms with Crippen LogP contribution in [0.1, 0.15) is 22.5 Å². The van der Waals surface area contributed by atoms with Gasteiger partial charge in [0.25, 0.3) is 5.91 Å². The molecule has 0 bridgehead atoms. The van der Waals surface area contributed by atoms with Crippen LogP contribution < -0.4 is 21.1 Å². The van der Waals surface area contributed by atoms with Crippen molar-refractivity contribution in [2.45, 2.75) is 18.9 Å². The number of methoxy groups -OCH3 is 1. The van der Waals surface area contributed by atoms with Gasteiger partial charge in [0, 0.05) is 13.1 Å². The summed E-state index contributed by atoms with van der Waals surface area (Å²) in [5, 5.41) is 6.44. The number of thiophene rings is 1. The van der Waals surface area contributed by atoms with Gasteiger partial charge in [-0.3, -0.25) is 4.79 Å². The van der Waals surface area contributed by atoms with E-state index in [9.17, 15) is 13.2 Å². The first-order chi connectivity index (χ1) is 9.88. The van der Waals surface area contributed by atoms with Gasteiger partial charge >= 0.3 is 0 Å². The zero-order valence-electron chi connectivity index (χ0n) is 11.9. The van der Waals surface area contributed by atoms with E-state index in [1.165, 1.54) is 25.5 Å². The van der Waals surface area contributed by atoms with Gasteiger partial charge in [-0.15, -0.1) is 11.3 Å². The summed E-state index contributed by atoms with van der Waals surface area (Å²) in [6.45, 7) is 0. The molecule has 2 rings (SSSR count). The normalized spacial score (nSPS) is 18.2. The molecule has 9 heteroatoms. The average Bonchev–Trinajstić information content (AvgIpc) is 2.76. The molecule has 2 heterocycles. The number of amides is 1. The molecule has 1 aromatic rings. The first-order valence-electron chi connectivity index (χ1n) is 6.53. The summed E-state index contributed by atoms with van der Waals surface area (Å²) in [5.74, 6) is 0.522. The Kier molecular flexibility index (Phi) is 4.62. The maximum atomic E-state index is 11.7. The van der Waals surface area contributed by atoms with Crippen molar-refractivity contribution >= 4 is 37.8 Å². The van der Waals surface area contributed by atoms with Gasteiger partial charge < -0.3 is 21.1 Å². The molecule has 0 unspecified atom stereocenters. The van der Waals surface area contributed by atoms with Gasteiger partial charge in [0.2, 0.25) is 0 Å². The molecule has 0 atom stereocenters. The third kappa shape index (κ3) is 3.41. The number of carbonyl (C=O) groups is 1. The molecule has 0 aromatic carbocycles. The number of sulfone groups is 1.